The molecule has 0 saturated carbocycles. The van der Waals surface area contributed by atoms with Crippen LogP contribution in [0.1, 0.15) is 18.1 Å². The van der Waals surface area contributed by atoms with Gasteiger partial charge in [-0.05, 0) is 19.4 Å². The summed E-state index contributed by atoms with van der Waals surface area (Å²) in [5.41, 5.74) is 2.13. The molecule has 1 aliphatic rings. The first-order valence-corrected chi connectivity index (χ1v) is 4.66. The van der Waals surface area contributed by atoms with Crippen molar-refractivity contribution in [1.82, 2.24) is 0 Å². The minimum Gasteiger partial charge on any atom is -0.482 e. The zero-order valence-electron chi connectivity index (χ0n) is 8.28. The van der Waals surface area contributed by atoms with Crippen molar-refractivity contribution in [2.75, 3.05) is 0 Å². The van der Waals surface area contributed by atoms with Crippen LogP contribution in [0.15, 0.2) is 30.3 Å². The molecule has 2 heteroatoms. The van der Waals surface area contributed by atoms with E-state index in [-0.39, 0.29) is 11.9 Å². The fourth-order valence-electron chi connectivity index (χ4n) is 1.52. The second-order valence-electron chi connectivity index (χ2n) is 3.49. The van der Waals surface area contributed by atoms with E-state index in [1.54, 1.807) is 13.0 Å². The average molecular weight is 188 g/mol. The van der Waals surface area contributed by atoms with Gasteiger partial charge in [0.1, 0.15) is 5.76 Å². The predicted octanol–water partition coefficient (Wildman–Crippen LogP) is 2.32. The van der Waals surface area contributed by atoms with E-state index in [1.165, 1.54) is 0 Å². The number of rotatable bonds is 1. The third-order valence-electron chi connectivity index (χ3n) is 2.39. The molecule has 0 radical (unpaired) electrons. The standard InChI is InChI=1S/C12H12O2/c1-8-5-3-4-6-10(8)12-7-11(13)9(2)14-12/h3-7,9H,1-2H3. The molecule has 0 N–H and O–H groups in total. The smallest absolute Gasteiger partial charge is 0.199 e. The number of carbonyl (C=O) groups excluding carboxylic acids is 1. The molecule has 2 rings (SSSR count). The summed E-state index contributed by atoms with van der Waals surface area (Å²) in [5.74, 6) is 0.740. The van der Waals surface area contributed by atoms with Crippen molar-refractivity contribution in [2.45, 2.75) is 20.0 Å². The van der Waals surface area contributed by atoms with Crippen molar-refractivity contribution < 1.29 is 9.53 Å². The highest BCUT2D eigenvalue weighted by Crippen LogP contribution is 2.26. The topological polar surface area (TPSA) is 26.3 Å². The monoisotopic (exact) mass is 188 g/mol. The second-order valence-corrected chi connectivity index (χ2v) is 3.49. The first-order valence-electron chi connectivity index (χ1n) is 4.66. The van der Waals surface area contributed by atoms with Gasteiger partial charge in [-0.15, -0.1) is 0 Å². The summed E-state index contributed by atoms with van der Waals surface area (Å²) in [6, 6.07) is 7.89. The Morgan fingerprint density at radius 1 is 1.29 bits per heavy atom. The summed E-state index contributed by atoms with van der Waals surface area (Å²) in [4.78, 5) is 11.3. The Morgan fingerprint density at radius 3 is 2.57 bits per heavy atom. The molecular formula is C12H12O2. The van der Waals surface area contributed by atoms with E-state index in [0.717, 1.165) is 11.1 Å². The van der Waals surface area contributed by atoms with Gasteiger partial charge < -0.3 is 4.74 Å². The molecule has 0 spiro atoms. The lowest BCUT2D eigenvalue weighted by Crippen LogP contribution is -2.09. The molecule has 1 atom stereocenters. The van der Waals surface area contributed by atoms with Crippen LogP contribution < -0.4 is 0 Å². The molecule has 0 fully saturated rings. The van der Waals surface area contributed by atoms with Crippen LogP contribution in [0.5, 0.6) is 0 Å². The quantitative estimate of drug-likeness (QED) is 0.676. The van der Waals surface area contributed by atoms with Crippen LogP contribution in [0.25, 0.3) is 5.76 Å². The molecule has 1 unspecified atom stereocenters. The molecule has 1 aromatic rings. The van der Waals surface area contributed by atoms with Crippen LogP contribution in [0, 0.1) is 6.92 Å². The van der Waals surface area contributed by atoms with E-state index < -0.39 is 0 Å². The fraction of sp³-hybridized carbons (Fsp3) is 0.250. The zero-order valence-corrected chi connectivity index (χ0v) is 8.28. The molecular weight excluding hydrogens is 176 g/mol. The Bertz CT molecular complexity index is 405. The van der Waals surface area contributed by atoms with Crippen LogP contribution >= 0.6 is 0 Å². The van der Waals surface area contributed by atoms with Gasteiger partial charge in [0.25, 0.3) is 0 Å². The Hall–Kier alpha value is -1.57. The highest BCUT2D eigenvalue weighted by Gasteiger charge is 2.23. The second kappa shape index (κ2) is 3.29. The van der Waals surface area contributed by atoms with Crippen LogP contribution in [0.2, 0.25) is 0 Å². The van der Waals surface area contributed by atoms with Crippen molar-refractivity contribution in [3.05, 3.63) is 41.5 Å². The number of benzene rings is 1. The minimum absolute atomic E-state index is 0.0447. The van der Waals surface area contributed by atoms with Gasteiger partial charge in [-0.3, -0.25) is 4.79 Å². The SMILES string of the molecule is Cc1ccccc1C1=CC(=O)C(C)O1. The first-order chi connectivity index (χ1) is 6.68. The molecule has 1 aromatic carbocycles. The normalized spacial score (nSPS) is 20.6. The summed E-state index contributed by atoms with van der Waals surface area (Å²) < 4.78 is 5.45. The number of aryl methyl sites for hydroxylation is 1. The van der Waals surface area contributed by atoms with Crippen LogP contribution in [0.4, 0.5) is 0 Å². The summed E-state index contributed by atoms with van der Waals surface area (Å²) in [7, 11) is 0. The van der Waals surface area contributed by atoms with E-state index >= 15 is 0 Å². The summed E-state index contributed by atoms with van der Waals surface area (Å²) >= 11 is 0. The maximum Gasteiger partial charge on any atom is 0.199 e. The number of ether oxygens (including phenoxy) is 1. The van der Waals surface area contributed by atoms with Crippen molar-refractivity contribution in [3.8, 4) is 0 Å². The highest BCUT2D eigenvalue weighted by molar-refractivity contribution is 6.02. The number of carbonyl (C=O) groups is 1. The van der Waals surface area contributed by atoms with E-state index in [4.69, 9.17) is 4.74 Å². The van der Waals surface area contributed by atoms with E-state index in [1.807, 2.05) is 31.2 Å². The molecule has 0 aromatic heterocycles. The van der Waals surface area contributed by atoms with Gasteiger partial charge >= 0.3 is 0 Å². The van der Waals surface area contributed by atoms with Gasteiger partial charge in [-0.2, -0.15) is 0 Å². The van der Waals surface area contributed by atoms with Gasteiger partial charge in [-0.25, -0.2) is 0 Å². The molecule has 1 heterocycles. The lowest BCUT2D eigenvalue weighted by Gasteiger charge is -2.09. The largest absolute Gasteiger partial charge is 0.482 e. The zero-order chi connectivity index (χ0) is 10.1. The predicted molar refractivity (Wildman–Crippen MR) is 54.7 cm³/mol. The third kappa shape index (κ3) is 1.43. The average Bonchev–Trinajstić information content (AvgIpc) is 2.48. The Balaban J connectivity index is 2.38. The van der Waals surface area contributed by atoms with Crippen LogP contribution in [-0.4, -0.2) is 11.9 Å². The van der Waals surface area contributed by atoms with Crippen molar-refractivity contribution in [2.24, 2.45) is 0 Å². The Kier molecular flexibility index (Phi) is 2.12. The molecule has 0 aliphatic carbocycles. The van der Waals surface area contributed by atoms with Crippen LogP contribution in [-0.2, 0) is 9.53 Å². The molecule has 1 aliphatic heterocycles. The molecule has 0 saturated heterocycles. The fourth-order valence-corrected chi connectivity index (χ4v) is 1.52. The highest BCUT2D eigenvalue weighted by atomic mass is 16.5. The third-order valence-corrected chi connectivity index (χ3v) is 2.39. The van der Waals surface area contributed by atoms with Crippen molar-refractivity contribution >= 4 is 11.5 Å². The lowest BCUT2D eigenvalue weighted by molar-refractivity contribution is -0.119. The van der Waals surface area contributed by atoms with Gasteiger partial charge in [0.2, 0.25) is 0 Å². The summed E-state index contributed by atoms with van der Waals surface area (Å²) in [5, 5.41) is 0. The van der Waals surface area contributed by atoms with Crippen molar-refractivity contribution in [1.29, 1.82) is 0 Å². The molecule has 72 valence electrons. The van der Waals surface area contributed by atoms with E-state index in [0.29, 0.717) is 5.76 Å². The van der Waals surface area contributed by atoms with Gasteiger partial charge in [0, 0.05) is 11.6 Å². The van der Waals surface area contributed by atoms with Crippen LogP contribution in [0.3, 0.4) is 0 Å². The molecule has 0 amide bonds. The van der Waals surface area contributed by atoms with Gasteiger partial charge in [0.15, 0.2) is 11.9 Å². The molecule has 14 heavy (non-hydrogen) atoms. The number of hydrogen-bond donors (Lipinski definition) is 0. The maximum atomic E-state index is 11.3. The minimum atomic E-state index is -0.329. The lowest BCUT2D eigenvalue weighted by atomic mass is 10.1. The number of hydrogen-bond acceptors (Lipinski definition) is 2. The summed E-state index contributed by atoms with van der Waals surface area (Å²) in [6.45, 7) is 3.77. The molecule has 2 nitrogen and oxygen atoms in total. The van der Waals surface area contributed by atoms with Crippen molar-refractivity contribution in [3.63, 3.8) is 0 Å². The van der Waals surface area contributed by atoms with Gasteiger partial charge in [-0.1, -0.05) is 24.3 Å². The Labute approximate surface area is 83.2 Å². The molecule has 0 bridgehead atoms. The van der Waals surface area contributed by atoms with Gasteiger partial charge in [0.05, 0.1) is 0 Å². The summed E-state index contributed by atoms with van der Waals surface area (Å²) in [6.07, 6.45) is 1.25. The first kappa shape index (κ1) is 9.00. The Morgan fingerprint density at radius 2 is 2.00 bits per heavy atom. The van der Waals surface area contributed by atoms with E-state index in [2.05, 4.69) is 0 Å². The maximum absolute atomic E-state index is 11.3. The number of ketones is 1. The van der Waals surface area contributed by atoms with E-state index in [9.17, 15) is 4.79 Å².